The van der Waals surface area contributed by atoms with Crippen LogP contribution in [0.3, 0.4) is 0 Å². The summed E-state index contributed by atoms with van der Waals surface area (Å²) in [6, 6.07) is 8.42. The highest BCUT2D eigenvalue weighted by atomic mass is 35.5. The zero-order valence-electron chi connectivity index (χ0n) is 14.0. The standard InChI is InChI=1S/C18H13Cl2FN2O3S/c1-2-26-15(24)9-23-16-13(20)7-11(19)8-14(16)27-18(23)22-17(25)10-4-3-5-12(21)6-10/h3-8H,2,9H2,1H3. The normalized spacial score (nSPS) is 11.8. The molecule has 0 spiro atoms. The Hall–Kier alpha value is -2.22. The van der Waals surface area contributed by atoms with E-state index in [0.717, 1.165) is 17.4 Å². The van der Waals surface area contributed by atoms with Crippen molar-refractivity contribution in [3.8, 4) is 0 Å². The van der Waals surface area contributed by atoms with Gasteiger partial charge in [0.05, 0.1) is 21.8 Å². The third kappa shape index (κ3) is 4.37. The number of aromatic nitrogens is 1. The number of amides is 1. The minimum absolute atomic E-state index is 0.0965. The average molecular weight is 427 g/mol. The zero-order valence-corrected chi connectivity index (χ0v) is 16.4. The molecular weight excluding hydrogens is 414 g/mol. The summed E-state index contributed by atoms with van der Waals surface area (Å²) in [6.45, 7) is 1.74. The predicted octanol–water partition coefficient (Wildman–Crippen LogP) is 4.45. The van der Waals surface area contributed by atoms with Gasteiger partial charge < -0.3 is 9.30 Å². The molecule has 0 radical (unpaired) electrons. The number of halogens is 3. The van der Waals surface area contributed by atoms with Gasteiger partial charge in [0.15, 0.2) is 4.80 Å². The molecule has 140 valence electrons. The Labute approximate surface area is 167 Å². The predicted molar refractivity (Wildman–Crippen MR) is 103 cm³/mol. The van der Waals surface area contributed by atoms with E-state index >= 15 is 0 Å². The Kier molecular flexibility index (Phi) is 5.94. The lowest BCUT2D eigenvalue weighted by molar-refractivity contribution is -0.143. The van der Waals surface area contributed by atoms with Crippen molar-refractivity contribution in [3.63, 3.8) is 0 Å². The number of hydrogen-bond acceptors (Lipinski definition) is 4. The smallest absolute Gasteiger partial charge is 0.326 e. The number of benzene rings is 2. The van der Waals surface area contributed by atoms with Gasteiger partial charge in [-0.1, -0.05) is 40.6 Å². The molecule has 0 N–H and O–H groups in total. The Morgan fingerprint density at radius 2 is 2.04 bits per heavy atom. The first-order valence-electron chi connectivity index (χ1n) is 7.87. The van der Waals surface area contributed by atoms with E-state index in [1.807, 2.05) is 0 Å². The molecule has 1 heterocycles. The van der Waals surface area contributed by atoms with Crippen LogP contribution in [0, 0.1) is 5.82 Å². The van der Waals surface area contributed by atoms with E-state index in [-0.39, 0.29) is 23.5 Å². The average Bonchev–Trinajstić information content (AvgIpc) is 2.92. The molecule has 0 atom stereocenters. The van der Waals surface area contributed by atoms with Crippen LogP contribution >= 0.6 is 34.5 Å². The van der Waals surface area contributed by atoms with Crippen molar-refractivity contribution < 1.29 is 18.7 Å². The lowest BCUT2D eigenvalue weighted by atomic mass is 10.2. The van der Waals surface area contributed by atoms with Crippen LogP contribution in [0.2, 0.25) is 10.0 Å². The van der Waals surface area contributed by atoms with Crippen LogP contribution in [0.1, 0.15) is 17.3 Å². The van der Waals surface area contributed by atoms with Crippen molar-refractivity contribution >= 4 is 56.6 Å². The molecule has 3 aromatic rings. The first kappa shape index (κ1) is 19.5. The van der Waals surface area contributed by atoms with Crippen LogP contribution in [-0.2, 0) is 16.1 Å². The summed E-state index contributed by atoms with van der Waals surface area (Å²) >= 11 is 13.5. The van der Waals surface area contributed by atoms with E-state index in [9.17, 15) is 14.0 Å². The Balaban J connectivity index is 2.17. The molecule has 27 heavy (non-hydrogen) atoms. The molecule has 0 unspecified atom stereocenters. The maximum absolute atomic E-state index is 13.4. The molecule has 9 heteroatoms. The highest BCUT2D eigenvalue weighted by molar-refractivity contribution is 7.16. The number of thiazole rings is 1. The fraction of sp³-hybridized carbons (Fsp3) is 0.167. The molecule has 0 saturated heterocycles. The van der Waals surface area contributed by atoms with Crippen LogP contribution in [0.15, 0.2) is 41.4 Å². The molecule has 5 nitrogen and oxygen atoms in total. The second-order valence-electron chi connectivity index (χ2n) is 5.44. The number of ether oxygens (including phenoxy) is 1. The molecule has 2 aromatic carbocycles. The minimum atomic E-state index is -0.638. The van der Waals surface area contributed by atoms with Gasteiger partial charge in [-0.15, -0.1) is 0 Å². The molecule has 0 bridgehead atoms. The van der Waals surface area contributed by atoms with Crippen LogP contribution in [0.5, 0.6) is 0 Å². The number of fused-ring (bicyclic) bond motifs is 1. The second-order valence-corrected chi connectivity index (χ2v) is 7.29. The van der Waals surface area contributed by atoms with E-state index in [0.29, 0.717) is 20.3 Å². The lowest BCUT2D eigenvalue weighted by Gasteiger charge is -2.06. The zero-order chi connectivity index (χ0) is 19.6. The van der Waals surface area contributed by atoms with E-state index in [4.69, 9.17) is 27.9 Å². The Bertz CT molecular complexity index is 1110. The molecule has 3 rings (SSSR count). The maximum Gasteiger partial charge on any atom is 0.326 e. The Morgan fingerprint density at radius 3 is 2.74 bits per heavy atom. The molecule has 0 saturated carbocycles. The van der Waals surface area contributed by atoms with E-state index in [1.165, 1.54) is 28.8 Å². The number of carbonyl (C=O) groups excluding carboxylic acids is 2. The van der Waals surface area contributed by atoms with Gasteiger partial charge in [0, 0.05) is 10.6 Å². The van der Waals surface area contributed by atoms with Crippen molar-refractivity contribution in [2.45, 2.75) is 13.5 Å². The number of nitrogens with zero attached hydrogens (tertiary/aromatic N) is 2. The van der Waals surface area contributed by atoms with Gasteiger partial charge in [0.1, 0.15) is 12.4 Å². The fourth-order valence-electron chi connectivity index (χ4n) is 2.47. The lowest BCUT2D eigenvalue weighted by Crippen LogP contribution is -2.23. The first-order valence-corrected chi connectivity index (χ1v) is 9.45. The molecular formula is C18H13Cl2FN2O3S. The third-order valence-electron chi connectivity index (χ3n) is 3.56. The van der Waals surface area contributed by atoms with Gasteiger partial charge in [0.2, 0.25) is 0 Å². The maximum atomic E-state index is 13.4. The SMILES string of the molecule is CCOC(=O)Cn1c(=NC(=O)c2cccc(F)c2)sc2cc(Cl)cc(Cl)c21. The van der Waals surface area contributed by atoms with Crippen LogP contribution < -0.4 is 4.80 Å². The highest BCUT2D eigenvalue weighted by Crippen LogP contribution is 2.29. The van der Waals surface area contributed by atoms with Crippen LogP contribution in [-0.4, -0.2) is 23.1 Å². The van der Waals surface area contributed by atoms with Crippen molar-refractivity contribution in [2.24, 2.45) is 4.99 Å². The first-order chi connectivity index (χ1) is 12.9. The molecule has 1 aromatic heterocycles. The van der Waals surface area contributed by atoms with Gasteiger partial charge >= 0.3 is 5.97 Å². The van der Waals surface area contributed by atoms with Crippen molar-refractivity contribution in [1.29, 1.82) is 0 Å². The summed E-state index contributed by atoms with van der Waals surface area (Å²) in [4.78, 5) is 28.7. The second kappa shape index (κ2) is 8.21. The van der Waals surface area contributed by atoms with Crippen LogP contribution in [0.25, 0.3) is 10.2 Å². The summed E-state index contributed by atoms with van der Waals surface area (Å²) < 4.78 is 20.5. The molecule has 0 aliphatic heterocycles. The number of carbonyl (C=O) groups is 2. The number of esters is 1. The van der Waals surface area contributed by atoms with Crippen molar-refractivity contribution in [3.05, 3.63) is 62.6 Å². The summed E-state index contributed by atoms with van der Waals surface area (Å²) in [6.07, 6.45) is 0. The minimum Gasteiger partial charge on any atom is -0.465 e. The monoisotopic (exact) mass is 426 g/mol. The van der Waals surface area contributed by atoms with Gasteiger partial charge in [-0.05, 0) is 37.3 Å². The quantitative estimate of drug-likeness (QED) is 0.578. The van der Waals surface area contributed by atoms with E-state index < -0.39 is 17.7 Å². The summed E-state index contributed by atoms with van der Waals surface area (Å²) in [5.41, 5.74) is 0.615. The van der Waals surface area contributed by atoms with Gasteiger partial charge in [0.25, 0.3) is 5.91 Å². The van der Waals surface area contributed by atoms with Gasteiger partial charge in [-0.3, -0.25) is 9.59 Å². The number of rotatable bonds is 4. The molecule has 1 amide bonds. The topological polar surface area (TPSA) is 60.7 Å². The largest absolute Gasteiger partial charge is 0.465 e. The van der Waals surface area contributed by atoms with Crippen molar-refractivity contribution in [2.75, 3.05) is 6.61 Å². The molecule has 0 aliphatic rings. The van der Waals surface area contributed by atoms with Gasteiger partial charge in [-0.2, -0.15) is 4.99 Å². The van der Waals surface area contributed by atoms with Crippen LogP contribution in [0.4, 0.5) is 4.39 Å². The Morgan fingerprint density at radius 1 is 1.26 bits per heavy atom. The molecule has 0 aliphatic carbocycles. The molecule has 0 fully saturated rings. The van der Waals surface area contributed by atoms with E-state index in [2.05, 4.69) is 4.99 Å². The van der Waals surface area contributed by atoms with Crippen molar-refractivity contribution in [1.82, 2.24) is 4.57 Å². The van der Waals surface area contributed by atoms with Gasteiger partial charge in [-0.25, -0.2) is 4.39 Å². The summed E-state index contributed by atoms with van der Waals surface area (Å²) in [5, 5.41) is 0.734. The fourth-order valence-corrected chi connectivity index (χ4v) is 4.28. The van der Waals surface area contributed by atoms with E-state index in [1.54, 1.807) is 13.0 Å². The third-order valence-corrected chi connectivity index (χ3v) is 5.09. The summed E-state index contributed by atoms with van der Waals surface area (Å²) in [5.74, 6) is -1.68. The highest BCUT2D eigenvalue weighted by Gasteiger charge is 2.16. The number of hydrogen-bond donors (Lipinski definition) is 0. The summed E-state index contributed by atoms with van der Waals surface area (Å²) in [7, 11) is 0.